The van der Waals surface area contributed by atoms with Crippen LogP contribution in [0.5, 0.6) is 0 Å². The lowest BCUT2D eigenvalue weighted by Crippen LogP contribution is -2.28. The van der Waals surface area contributed by atoms with Crippen LogP contribution in [-0.4, -0.2) is 17.6 Å². The highest BCUT2D eigenvalue weighted by atomic mass is 79.9. The molecule has 0 saturated carbocycles. The fourth-order valence-electron chi connectivity index (χ4n) is 1.48. The van der Waals surface area contributed by atoms with Crippen LogP contribution in [0.15, 0.2) is 45.6 Å². The molecule has 18 heavy (non-hydrogen) atoms. The number of hydrogen-bond donors (Lipinski definition) is 2. The molecule has 2 aromatic rings. The molecular formula is C13H12BrNO2S. The Morgan fingerprint density at radius 2 is 2.06 bits per heavy atom. The number of thiophene rings is 1. The Morgan fingerprint density at radius 3 is 2.67 bits per heavy atom. The number of carbonyl (C=O) groups is 1. The van der Waals surface area contributed by atoms with Crippen molar-refractivity contribution in [3.05, 3.63) is 56.7 Å². The van der Waals surface area contributed by atoms with Gasteiger partial charge in [0.15, 0.2) is 0 Å². The van der Waals surface area contributed by atoms with Gasteiger partial charge in [0.2, 0.25) is 0 Å². The Morgan fingerprint density at radius 1 is 1.33 bits per heavy atom. The summed E-state index contributed by atoms with van der Waals surface area (Å²) in [4.78, 5) is 11.8. The van der Waals surface area contributed by atoms with Gasteiger partial charge in [0.1, 0.15) is 0 Å². The van der Waals surface area contributed by atoms with Crippen molar-refractivity contribution in [2.45, 2.75) is 6.10 Å². The van der Waals surface area contributed by atoms with Crippen LogP contribution in [0.25, 0.3) is 0 Å². The molecule has 0 aliphatic rings. The second-order valence-corrected chi connectivity index (χ2v) is 5.49. The van der Waals surface area contributed by atoms with Crippen LogP contribution in [-0.2, 0) is 0 Å². The van der Waals surface area contributed by atoms with Crippen molar-refractivity contribution in [3.63, 3.8) is 0 Å². The van der Waals surface area contributed by atoms with E-state index in [0.717, 1.165) is 10.0 Å². The van der Waals surface area contributed by atoms with Gasteiger partial charge in [0.25, 0.3) is 5.91 Å². The smallest absolute Gasteiger partial charge is 0.251 e. The standard InChI is InChI=1S/C13H12BrNO2S/c14-11-3-1-9(2-4-11)13(17)15-7-12(16)10-5-6-18-8-10/h1-6,8,12,16H,7H2,(H,15,17). The third-order valence-corrected chi connectivity index (χ3v) is 3.72. The summed E-state index contributed by atoms with van der Waals surface area (Å²) in [7, 11) is 0. The number of rotatable bonds is 4. The van der Waals surface area contributed by atoms with Crippen molar-refractivity contribution in [2.24, 2.45) is 0 Å². The fourth-order valence-corrected chi connectivity index (χ4v) is 2.45. The predicted molar refractivity (Wildman–Crippen MR) is 75.8 cm³/mol. The number of aliphatic hydroxyl groups excluding tert-OH is 1. The summed E-state index contributed by atoms with van der Waals surface area (Å²) in [5, 5.41) is 16.3. The lowest BCUT2D eigenvalue weighted by atomic mass is 10.2. The molecule has 3 nitrogen and oxygen atoms in total. The third-order valence-electron chi connectivity index (χ3n) is 2.49. The van der Waals surface area contributed by atoms with E-state index in [1.807, 2.05) is 29.0 Å². The first kappa shape index (κ1) is 13.3. The van der Waals surface area contributed by atoms with Crippen LogP contribution in [0.1, 0.15) is 22.0 Å². The van der Waals surface area contributed by atoms with Gasteiger partial charge in [-0.2, -0.15) is 11.3 Å². The molecule has 1 atom stereocenters. The molecule has 1 unspecified atom stereocenters. The lowest BCUT2D eigenvalue weighted by Gasteiger charge is -2.10. The van der Waals surface area contributed by atoms with E-state index in [4.69, 9.17) is 0 Å². The average molecular weight is 326 g/mol. The van der Waals surface area contributed by atoms with E-state index in [-0.39, 0.29) is 12.5 Å². The lowest BCUT2D eigenvalue weighted by molar-refractivity contribution is 0.0916. The summed E-state index contributed by atoms with van der Waals surface area (Å²) < 4.78 is 0.928. The quantitative estimate of drug-likeness (QED) is 0.907. The predicted octanol–water partition coefficient (Wildman–Crippen LogP) is 2.97. The van der Waals surface area contributed by atoms with Crippen LogP contribution in [0.2, 0.25) is 0 Å². The first-order valence-electron chi connectivity index (χ1n) is 5.41. The molecule has 0 fully saturated rings. The highest BCUT2D eigenvalue weighted by Crippen LogP contribution is 2.15. The van der Waals surface area contributed by atoms with Gasteiger partial charge in [-0.1, -0.05) is 15.9 Å². The number of halogens is 1. The van der Waals surface area contributed by atoms with Gasteiger partial charge in [-0.05, 0) is 46.7 Å². The molecule has 1 heterocycles. The molecule has 0 radical (unpaired) electrons. The van der Waals surface area contributed by atoms with Crippen molar-refractivity contribution in [1.29, 1.82) is 0 Å². The summed E-state index contributed by atoms with van der Waals surface area (Å²) >= 11 is 4.83. The summed E-state index contributed by atoms with van der Waals surface area (Å²) in [5.74, 6) is -0.184. The van der Waals surface area contributed by atoms with Crippen molar-refractivity contribution in [1.82, 2.24) is 5.32 Å². The fraction of sp³-hybridized carbons (Fsp3) is 0.154. The minimum Gasteiger partial charge on any atom is -0.387 e. The molecular weight excluding hydrogens is 314 g/mol. The maximum atomic E-state index is 11.8. The van der Waals surface area contributed by atoms with E-state index in [9.17, 15) is 9.90 Å². The van der Waals surface area contributed by atoms with Crippen molar-refractivity contribution in [2.75, 3.05) is 6.54 Å². The highest BCUT2D eigenvalue weighted by molar-refractivity contribution is 9.10. The van der Waals surface area contributed by atoms with Gasteiger partial charge in [-0.25, -0.2) is 0 Å². The Kier molecular flexibility index (Phi) is 4.52. The van der Waals surface area contributed by atoms with Crippen molar-refractivity contribution in [3.8, 4) is 0 Å². The zero-order chi connectivity index (χ0) is 13.0. The highest BCUT2D eigenvalue weighted by Gasteiger charge is 2.10. The first-order valence-corrected chi connectivity index (χ1v) is 7.14. The van der Waals surface area contributed by atoms with Crippen molar-refractivity contribution >= 4 is 33.2 Å². The summed E-state index contributed by atoms with van der Waals surface area (Å²) in [6, 6.07) is 8.93. The molecule has 0 spiro atoms. The minimum absolute atomic E-state index is 0.184. The van der Waals surface area contributed by atoms with E-state index >= 15 is 0 Å². The van der Waals surface area contributed by atoms with Gasteiger partial charge in [-0.15, -0.1) is 0 Å². The number of hydrogen-bond acceptors (Lipinski definition) is 3. The second kappa shape index (κ2) is 6.13. The number of aliphatic hydroxyl groups is 1. The molecule has 5 heteroatoms. The normalized spacial score (nSPS) is 12.1. The maximum absolute atomic E-state index is 11.8. The van der Waals surface area contributed by atoms with Crippen LogP contribution in [0, 0.1) is 0 Å². The molecule has 0 aliphatic heterocycles. The molecule has 0 bridgehead atoms. The molecule has 1 aromatic heterocycles. The Balaban J connectivity index is 1.90. The molecule has 94 valence electrons. The summed E-state index contributed by atoms with van der Waals surface area (Å²) in [5.41, 5.74) is 1.41. The number of benzene rings is 1. The third kappa shape index (κ3) is 3.41. The van der Waals surface area contributed by atoms with Crippen LogP contribution in [0.3, 0.4) is 0 Å². The van der Waals surface area contributed by atoms with Gasteiger partial charge >= 0.3 is 0 Å². The van der Waals surface area contributed by atoms with E-state index in [0.29, 0.717) is 5.56 Å². The first-order chi connectivity index (χ1) is 8.66. The van der Waals surface area contributed by atoms with Crippen molar-refractivity contribution < 1.29 is 9.90 Å². The molecule has 1 aromatic carbocycles. The van der Waals surface area contributed by atoms with Crippen LogP contribution >= 0.6 is 27.3 Å². The Labute approximate surface area is 118 Å². The molecule has 0 saturated heterocycles. The zero-order valence-corrected chi connectivity index (χ0v) is 11.9. The molecule has 2 rings (SSSR count). The van der Waals surface area contributed by atoms with E-state index < -0.39 is 6.10 Å². The van der Waals surface area contributed by atoms with Crippen LogP contribution < -0.4 is 5.32 Å². The Bertz CT molecular complexity index is 510. The second-order valence-electron chi connectivity index (χ2n) is 3.79. The number of carbonyl (C=O) groups excluding carboxylic acids is 1. The van der Waals surface area contributed by atoms with Gasteiger partial charge < -0.3 is 10.4 Å². The maximum Gasteiger partial charge on any atom is 0.251 e. The van der Waals surface area contributed by atoms with E-state index in [2.05, 4.69) is 21.2 Å². The topological polar surface area (TPSA) is 49.3 Å². The van der Waals surface area contributed by atoms with E-state index in [1.165, 1.54) is 11.3 Å². The molecule has 0 aliphatic carbocycles. The minimum atomic E-state index is -0.657. The zero-order valence-electron chi connectivity index (χ0n) is 9.47. The van der Waals surface area contributed by atoms with Gasteiger partial charge in [-0.3, -0.25) is 4.79 Å². The summed E-state index contributed by atoms with van der Waals surface area (Å²) in [6.07, 6.45) is -0.657. The molecule has 2 N–H and O–H groups in total. The average Bonchev–Trinajstić information content (AvgIpc) is 2.90. The molecule has 1 amide bonds. The number of nitrogens with one attached hydrogen (secondary N) is 1. The summed E-state index contributed by atoms with van der Waals surface area (Å²) in [6.45, 7) is 0.214. The SMILES string of the molecule is O=C(NCC(O)c1ccsc1)c1ccc(Br)cc1. The van der Waals surface area contributed by atoms with E-state index in [1.54, 1.807) is 12.1 Å². The largest absolute Gasteiger partial charge is 0.387 e. The van der Waals surface area contributed by atoms with Crippen LogP contribution in [0.4, 0.5) is 0 Å². The van der Waals surface area contributed by atoms with Gasteiger partial charge in [0, 0.05) is 16.6 Å². The Hall–Kier alpha value is -1.17. The number of amides is 1. The monoisotopic (exact) mass is 325 g/mol. The van der Waals surface area contributed by atoms with Gasteiger partial charge in [0.05, 0.1) is 6.10 Å².